The van der Waals surface area contributed by atoms with Crippen molar-refractivity contribution in [2.45, 2.75) is 144 Å². The van der Waals surface area contributed by atoms with Gasteiger partial charge in [-0.25, -0.2) is 4.58 Å². The monoisotopic (exact) mass is 1080 g/mol. The molecular formula is C54H74N4O19. The van der Waals surface area contributed by atoms with Gasteiger partial charge in [-0.2, -0.15) is 0 Å². The quantitative estimate of drug-likeness (QED) is 0.0236. The molecule has 4 aliphatic heterocycles. The smallest absolute Gasteiger partial charge is 0.251 e. The Morgan fingerprint density at radius 1 is 0.727 bits per heavy atom. The Balaban J connectivity index is 0.863. The van der Waals surface area contributed by atoms with Gasteiger partial charge in [-0.1, -0.05) is 31.7 Å². The van der Waals surface area contributed by atoms with Crippen LogP contribution in [-0.2, 0) is 33.2 Å². The molecule has 4 heterocycles. The van der Waals surface area contributed by atoms with Crippen LogP contribution in [0, 0.1) is 0 Å². The number of hydrogen-bond acceptors (Lipinski definition) is 20. The molecule has 0 spiro atoms. The van der Waals surface area contributed by atoms with Gasteiger partial charge >= 0.3 is 0 Å². The average molecular weight is 1080 g/mol. The Hall–Kier alpha value is -5.22. The highest BCUT2D eigenvalue weighted by Crippen LogP contribution is 2.42. The van der Waals surface area contributed by atoms with E-state index in [0.717, 1.165) is 30.3 Å². The number of fused-ring (bicyclic) bond motifs is 2. The lowest BCUT2D eigenvalue weighted by molar-refractivity contribution is -0.387. The minimum Gasteiger partial charge on any atom is -0.545 e. The van der Waals surface area contributed by atoms with Crippen LogP contribution in [0.1, 0.15) is 79.0 Å². The highest BCUT2D eigenvalue weighted by Gasteiger charge is 2.53. The van der Waals surface area contributed by atoms with E-state index in [-0.39, 0.29) is 49.6 Å². The normalized spacial score (nSPS) is 28.6. The number of rotatable bonds is 23. The number of ether oxygens (including phenoxy) is 6. The predicted octanol–water partition coefficient (Wildman–Crippen LogP) is -1.24. The Morgan fingerprint density at radius 3 is 2.12 bits per heavy atom. The first kappa shape index (κ1) is 59.4. The van der Waals surface area contributed by atoms with Crippen molar-refractivity contribution in [3.05, 3.63) is 71.1 Å². The second-order valence-corrected chi connectivity index (χ2v) is 20.2. The van der Waals surface area contributed by atoms with E-state index in [4.69, 9.17) is 32.8 Å². The molecule has 5 aliphatic rings. The molecule has 77 heavy (non-hydrogen) atoms. The van der Waals surface area contributed by atoms with Gasteiger partial charge < -0.3 is 99.1 Å². The summed E-state index contributed by atoms with van der Waals surface area (Å²) in [5, 5.41) is 104. The van der Waals surface area contributed by atoms with Gasteiger partial charge in [0.25, 0.3) is 5.91 Å². The lowest BCUT2D eigenvalue weighted by Crippen LogP contribution is -2.66. The van der Waals surface area contributed by atoms with Crippen molar-refractivity contribution >= 4 is 34.4 Å². The maximum absolute atomic E-state index is 13.3. The molecule has 7 rings (SSSR count). The number of aliphatic hydroxyl groups is 8. The number of carboxylic acids is 1. The number of aromatic carboxylic acids is 1. The lowest BCUT2D eigenvalue weighted by atomic mass is 9.89. The third-order valence-electron chi connectivity index (χ3n) is 14.2. The summed E-state index contributed by atoms with van der Waals surface area (Å²) in [7, 11) is 7.65. The molecule has 3 fully saturated rings. The van der Waals surface area contributed by atoms with Crippen molar-refractivity contribution in [2.75, 3.05) is 66.0 Å². The van der Waals surface area contributed by atoms with Gasteiger partial charge in [0, 0.05) is 92.1 Å². The first-order valence-corrected chi connectivity index (χ1v) is 26.1. The van der Waals surface area contributed by atoms with Gasteiger partial charge in [-0.05, 0) is 55.7 Å². The molecule has 23 heteroatoms. The van der Waals surface area contributed by atoms with Crippen molar-refractivity contribution in [1.29, 1.82) is 0 Å². The molecular weight excluding hydrogens is 1010 g/mol. The summed E-state index contributed by atoms with van der Waals surface area (Å²) >= 11 is 0. The molecule has 0 bridgehead atoms. The topological polar surface area (TPSA) is 335 Å². The highest BCUT2D eigenvalue weighted by atomic mass is 16.8. The molecule has 3 saturated heterocycles. The van der Waals surface area contributed by atoms with Gasteiger partial charge in [0.1, 0.15) is 74.3 Å². The summed E-state index contributed by atoms with van der Waals surface area (Å²) in [5.41, 5.74) is 3.04. The van der Waals surface area contributed by atoms with Crippen LogP contribution >= 0.6 is 0 Å². The number of hydrogen-bond donors (Lipinski definition) is 10. The van der Waals surface area contributed by atoms with Gasteiger partial charge in [0.2, 0.25) is 11.3 Å². The van der Waals surface area contributed by atoms with Crippen LogP contribution in [0.3, 0.4) is 0 Å². The molecule has 424 valence electrons. The van der Waals surface area contributed by atoms with E-state index in [1.165, 1.54) is 13.0 Å². The molecule has 14 atom stereocenters. The number of carboxylic acid groups (broad SMARTS) is 1. The molecule has 2 aromatic carbocycles. The van der Waals surface area contributed by atoms with Crippen LogP contribution in [0.4, 0.5) is 5.69 Å². The van der Waals surface area contributed by atoms with Crippen LogP contribution in [0.25, 0.3) is 33.4 Å². The molecule has 0 aromatic heterocycles. The van der Waals surface area contributed by atoms with Gasteiger partial charge in [-0.3, -0.25) is 9.59 Å². The molecule has 1 aliphatic carbocycles. The summed E-state index contributed by atoms with van der Waals surface area (Å²) in [6.07, 6.45) is -16.0. The predicted molar refractivity (Wildman–Crippen MR) is 274 cm³/mol. The molecule has 23 nitrogen and oxygen atoms in total. The number of carbonyl (C=O) groups excluding carboxylic acids is 3. The Morgan fingerprint density at radius 2 is 1.42 bits per heavy atom. The number of carbonyl (C=O) groups is 3. The lowest BCUT2D eigenvalue weighted by Gasteiger charge is -2.48. The molecule has 0 radical (unpaired) electrons. The van der Waals surface area contributed by atoms with Crippen LogP contribution in [0.15, 0.2) is 59.0 Å². The SMILES string of the molecule is C[C@@H]1O[C@@H](O[C@H]2[C@H](OCCCCCCCCC(=O)NCCNC(=O)c3ccc(-c4c5ccc(=[N+](C)C)cc-5oc5cc(N(C)C)ccc45)c(C(=O)[O-])c3)O[C@H](CO)[C@H](O)[C@@H]2O[C@H]2O[C@H](CO)C[C@H](O)[C@H]2O)[C@@H](O)[C@H](O)[C@@H]1O. The van der Waals surface area contributed by atoms with Crippen LogP contribution in [0.2, 0.25) is 0 Å². The van der Waals surface area contributed by atoms with E-state index in [0.29, 0.717) is 52.7 Å². The summed E-state index contributed by atoms with van der Waals surface area (Å²) in [6.45, 7) is 0.566. The van der Waals surface area contributed by atoms with E-state index in [1.807, 2.05) is 74.1 Å². The standard InChI is InChI=1S/C54H74N4O19/c1-28-43(63)46(66)47(67)53(72-28)77-49-48(76-52-44(64)37(61)25-32(26-59)73-52)45(65)40(27-60)75-54(49)71-21-11-9-7-6-8-10-12-41(62)55-19-20-56-50(68)29-13-16-33(36(22-29)51(69)70)42-34-17-14-30(57(2)3)23-38(34)74-39-24-31(58(4)5)15-18-35(39)42/h13-18,22-24,28,32,37,40,43-49,52-54,59-61,63-67H,6-12,19-21,25-27H2,1-5H3,(H2-,55,56,62,68,69,70)/t28-,32-,37-,40+,43+,44+,45-,46+,47-,48-,49+,52+,53-,54+/m0/s1. The molecule has 0 saturated carbocycles. The minimum atomic E-state index is -1.77. The Kier molecular flexibility index (Phi) is 20.9. The zero-order valence-electron chi connectivity index (χ0n) is 43.9. The van der Waals surface area contributed by atoms with E-state index in [9.17, 15) is 60.3 Å². The van der Waals surface area contributed by atoms with Crippen LogP contribution < -0.4 is 30.6 Å². The van der Waals surface area contributed by atoms with Crippen LogP contribution in [0.5, 0.6) is 0 Å². The summed E-state index contributed by atoms with van der Waals surface area (Å²) in [4.78, 5) is 40.6. The summed E-state index contributed by atoms with van der Waals surface area (Å²) in [6, 6.07) is 15.8. The average Bonchev–Trinajstić information content (AvgIpc) is 3.52. The molecule has 2 aromatic rings. The van der Waals surface area contributed by atoms with E-state index >= 15 is 0 Å². The second-order valence-electron chi connectivity index (χ2n) is 20.2. The van der Waals surface area contributed by atoms with Crippen molar-refractivity contribution in [3.8, 4) is 22.5 Å². The number of amides is 2. The fraction of sp³-hybridized carbons (Fsp3) is 0.593. The Bertz CT molecular complexity index is 2660. The first-order chi connectivity index (χ1) is 36.8. The van der Waals surface area contributed by atoms with Crippen molar-refractivity contribution in [1.82, 2.24) is 15.2 Å². The highest BCUT2D eigenvalue weighted by molar-refractivity contribution is 6.09. The van der Waals surface area contributed by atoms with Crippen molar-refractivity contribution in [2.24, 2.45) is 0 Å². The summed E-state index contributed by atoms with van der Waals surface area (Å²) < 4.78 is 43.6. The fourth-order valence-electron chi connectivity index (χ4n) is 9.71. The molecule has 10 N–H and O–H groups in total. The fourth-order valence-corrected chi connectivity index (χ4v) is 9.71. The maximum atomic E-state index is 13.3. The van der Waals surface area contributed by atoms with Gasteiger partial charge in [-0.15, -0.1) is 0 Å². The number of nitrogens with zero attached hydrogens (tertiary/aromatic N) is 2. The number of aliphatic hydroxyl groups excluding tert-OH is 8. The third kappa shape index (κ3) is 14.3. The largest absolute Gasteiger partial charge is 0.545 e. The first-order valence-electron chi connectivity index (χ1n) is 26.1. The third-order valence-corrected chi connectivity index (χ3v) is 14.2. The Labute approximate surface area is 445 Å². The molecule has 2 amide bonds. The summed E-state index contributed by atoms with van der Waals surface area (Å²) in [5.74, 6) is -1.62. The van der Waals surface area contributed by atoms with E-state index in [2.05, 4.69) is 10.6 Å². The second kappa shape index (κ2) is 27.1. The molecule has 0 unspecified atom stereocenters. The number of unbranched alkanes of at least 4 members (excludes halogenated alkanes) is 5. The minimum absolute atomic E-state index is 0.0864. The van der Waals surface area contributed by atoms with Gasteiger partial charge in [0.05, 0.1) is 43.6 Å². The number of anilines is 1. The zero-order chi connectivity index (χ0) is 55.7. The number of benzene rings is 3. The van der Waals surface area contributed by atoms with E-state index in [1.54, 1.807) is 12.1 Å². The van der Waals surface area contributed by atoms with Gasteiger partial charge in [0.15, 0.2) is 18.9 Å². The van der Waals surface area contributed by atoms with Crippen molar-refractivity contribution in [3.63, 3.8) is 0 Å². The maximum Gasteiger partial charge on any atom is 0.251 e. The number of nitrogens with one attached hydrogen (secondary N) is 2. The zero-order valence-corrected chi connectivity index (χ0v) is 43.9. The van der Waals surface area contributed by atoms with Crippen LogP contribution in [-0.4, -0.2) is 206 Å². The van der Waals surface area contributed by atoms with Crippen molar-refractivity contribution < 1.29 is 93.2 Å². The van der Waals surface area contributed by atoms with E-state index < -0.39 is 111 Å².